The van der Waals surface area contributed by atoms with Crippen LogP contribution in [0.3, 0.4) is 0 Å². The summed E-state index contributed by atoms with van der Waals surface area (Å²) >= 11 is 0. The standard InChI is InChI=1S/C13H27N/c1-4-7-8-9-10-11-12-13-14(5-2)6-3/h11-12H,4-10,13H2,1-3H3/b12-11-. The highest BCUT2D eigenvalue weighted by molar-refractivity contribution is 4.84. The van der Waals surface area contributed by atoms with Crippen LogP contribution < -0.4 is 0 Å². The third-order valence-corrected chi connectivity index (χ3v) is 2.65. The van der Waals surface area contributed by atoms with Gasteiger partial charge in [0.05, 0.1) is 0 Å². The van der Waals surface area contributed by atoms with Gasteiger partial charge in [0.2, 0.25) is 0 Å². The summed E-state index contributed by atoms with van der Waals surface area (Å²) in [5.74, 6) is 0. The van der Waals surface area contributed by atoms with Crippen molar-refractivity contribution in [3.63, 3.8) is 0 Å². The van der Waals surface area contributed by atoms with Gasteiger partial charge < -0.3 is 4.90 Å². The summed E-state index contributed by atoms with van der Waals surface area (Å²) in [7, 11) is 0. The number of likely N-dealkylation sites (N-methyl/N-ethyl adjacent to an activating group) is 1. The lowest BCUT2D eigenvalue weighted by Crippen LogP contribution is -2.22. The van der Waals surface area contributed by atoms with Gasteiger partial charge in [-0.1, -0.05) is 52.2 Å². The van der Waals surface area contributed by atoms with E-state index in [4.69, 9.17) is 0 Å². The maximum atomic E-state index is 2.43. The van der Waals surface area contributed by atoms with Crippen molar-refractivity contribution in [1.29, 1.82) is 0 Å². The van der Waals surface area contributed by atoms with Crippen LogP contribution in [0.25, 0.3) is 0 Å². The Kier molecular flexibility index (Phi) is 10.5. The molecule has 0 N–H and O–H groups in total. The minimum atomic E-state index is 1.13. The van der Waals surface area contributed by atoms with Crippen molar-refractivity contribution in [1.82, 2.24) is 4.90 Å². The van der Waals surface area contributed by atoms with Crippen molar-refractivity contribution < 1.29 is 0 Å². The van der Waals surface area contributed by atoms with Gasteiger partial charge in [0, 0.05) is 6.54 Å². The molecule has 1 nitrogen and oxygen atoms in total. The Bertz CT molecular complexity index is 125. The SMILES string of the molecule is CCCCCC/C=C\CN(CC)CC. The van der Waals surface area contributed by atoms with Gasteiger partial charge >= 0.3 is 0 Å². The summed E-state index contributed by atoms with van der Waals surface area (Å²) in [6.45, 7) is 10.2. The fourth-order valence-corrected chi connectivity index (χ4v) is 1.51. The summed E-state index contributed by atoms with van der Waals surface area (Å²) in [4.78, 5) is 2.43. The molecule has 0 amide bonds. The third-order valence-electron chi connectivity index (χ3n) is 2.65. The van der Waals surface area contributed by atoms with E-state index in [1.54, 1.807) is 0 Å². The number of nitrogens with zero attached hydrogens (tertiary/aromatic N) is 1. The fraction of sp³-hybridized carbons (Fsp3) is 0.846. The molecular weight excluding hydrogens is 170 g/mol. The third kappa shape index (κ3) is 8.31. The zero-order valence-electron chi connectivity index (χ0n) is 10.3. The van der Waals surface area contributed by atoms with E-state index in [1.807, 2.05) is 0 Å². The molecule has 0 aliphatic carbocycles. The molecule has 0 bridgehead atoms. The molecule has 0 aromatic carbocycles. The first-order valence-corrected chi connectivity index (χ1v) is 6.22. The molecule has 1 heteroatoms. The van der Waals surface area contributed by atoms with Crippen molar-refractivity contribution in [2.24, 2.45) is 0 Å². The number of rotatable bonds is 9. The van der Waals surface area contributed by atoms with Crippen LogP contribution in [0, 0.1) is 0 Å². The van der Waals surface area contributed by atoms with E-state index in [-0.39, 0.29) is 0 Å². The fourth-order valence-electron chi connectivity index (χ4n) is 1.51. The first-order chi connectivity index (χ1) is 6.85. The average molecular weight is 197 g/mol. The van der Waals surface area contributed by atoms with Crippen LogP contribution in [-0.2, 0) is 0 Å². The Morgan fingerprint density at radius 2 is 1.57 bits per heavy atom. The highest BCUT2D eigenvalue weighted by Crippen LogP contribution is 2.02. The molecule has 0 saturated heterocycles. The van der Waals surface area contributed by atoms with Crippen LogP contribution in [0.2, 0.25) is 0 Å². The van der Waals surface area contributed by atoms with Crippen LogP contribution >= 0.6 is 0 Å². The van der Waals surface area contributed by atoms with Crippen LogP contribution in [0.15, 0.2) is 12.2 Å². The van der Waals surface area contributed by atoms with E-state index in [0.29, 0.717) is 0 Å². The molecule has 0 spiro atoms. The molecule has 0 heterocycles. The van der Waals surface area contributed by atoms with Crippen LogP contribution in [0.1, 0.15) is 52.9 Å². The Hall–Kier alpha value is -0.300. The van der Waals surface area contributed by atoms with Crippen molar-refractivity contribution in [3.05, 3.63) is 12.2 Å². The molecule has 14 heavy (non-hydrogen) atoms. The smallest absolute Gasteiger partial charge is 0.0162 e. The summed E-state index contributed by atoms with van der Waals surface area (Å²) in [6, 6.07) is 0. The van der Waals surface area contributed by atoms with E-state index < -0.39 is 0 Å². The van der Waals surface area contributed by atoms with E-state index in [1.165, 1.54) is 32.1 Å². The largest absolute Gasteiger partial charge is 0.300 e. The Labute approximate surface area is 90.2 Å². The maximum Gasteiger partial charge on any atom is 0.0162 e. The summed E-state index contributed by atoms with van der Waals surface area (Å²) in [6.07, 6.45) is 11.4. The molecule has 0 rings (SSSR count). The number of hydrogen-bond donors (Lipinski definition) is 0. The number of unbranched alkanes of at least 4 members (excludes halogenated alkanes) is 4. The Balaban J connectivity index is 3.25. The molecule has 0 saturated carbocycles. The molecule has 0 aromatic heterocycles. The van der Waals surface area contributed by atoms with Crippen molar-refractivity contribution in [2.75, 3.05) is 19.6 Å². The van der Waals surface area contributed by atoms with Crippen LogP contribution in [0.4, 0.5) is 0 Å². The molecule has 0 aliphatic heterocycles. The second-order valence-electron chi connectivity index (χ2n) is 3.81. The van der Waals surface area contributed by atoms with Gasteiger partial charge in [-0.2, -0.15) is 0 Å². The second-order valence-corrected chi connectivity index (χ2v) is 3.81. The number of hydrogen-bond acceptors (Lipinski definition) is 1. The minimum absolute atomic E-state index is 1.13. The first-order valence-electron chi connectivity index (χ1n) is 6.22. The van der Waals surface area contributed by atoms with Gasteiger partial charge in [-0.25, -0.2) is 0 Å². The molecule has 0 unspecified atom stereocenters. The van der Waals surface area contributed by atoms with Crippen LogP contribution in [0.5, 0.6) is 0 Å². The predicted octanol–water partition coefficient (Wildman–Crippen LogP) is 3.85. The van der Waals surface area contributed by atoms with E-state index in [2.05, 4.69) is 37.8 Å². The summed E-state index contributed by atoms with van der Waals surface area (Å²) in [5.41, 5.74) is 0. The normalized spacial score (nSPS) is 11.7. The second kappa shape index (κ2) is 10.8. The quantitative estimate of drug-likeness (QED) is 0.401. The van der Waals surface area contributed by atoms with Crippen molar-refractivity contribution in [2.45, 2.75) is 52.9 Å². The lowest BCUT2D eigenvalue weighted by Gasteiger charge is -2.14. The van der Waals surface area contributed by atoms with Gasteiger partial charge in [-0.15, -0.1) is 0 Å². The first kappa shape index (κ1) is 13.7. The molecular formula is C13H27N. The van der Waals surface area contributed by atoms with Gasteiger partial charge in [0.1, 0.15) is 0 Å². The Morgan fingerprint density at radius 1 is 0.857 bits per heavy atom. The minimum Gasteiger partial charge on any atom is -0.300 e. The lowest BCUT2D eigenvalue weighted by atomic mass is 10.1. The van der Waals surface area contributed by atoms with Gasteiger partial charge in [0.15, 0.2) is 0 Å². The molecule has 0 fully saturated rings. The predicted molar refractivity (Wildman–Crippen MR) is 65.7 cm³/mol. The highest BCUT2D eigenvalue weighted by atomic mass is 15.1. The van der Waals surface area contributed by atoms with E-state index in [9.17, 15) is 0 Å². The number of allylic oxidation sites excluding steroid dienone is 1. The molecule has 0 radical (unpaired) electrons. The summed E-state index contributed by atoms with van der Waals surface area (Å²) in [5, 5.41) is 0. The van der Waals surface area contributed by atoms with Gasteiger partial charge in [-0.3, -0.25) is 0 Å². The lowest BCUT2D eigenvalue weighted by molar-refractivity contribution is 0.337. The van der Waals surface area contributed by atoms with Gasteiger partial charge in [-0.05, 0) is 25.9 Å². The molecule has 0 aromatic rings. The van der Waals surface area contributed by atoms with Crippen molar-refractivity contribution in [3.8, 4) is 0 Å². The topological polar surface area (TPSA) is 3.24 Å². The molecule has 0 atom stereocenters. The van der Waals surface area contributed by atoms with E-state index in [0.717, 1.165) is 19.6 Å². The highest BCUT2D eigenvalue weighted by Gasteiger charge is 1.92. The zero-order chi connectivity index (χ0) is 10.6. The molecule has 0 aliphatic rings. The monoisotopic (exact) mass is 197 g/mol. The average Bonchev–Trinajstić information content (AvgIpc) is 2.22. The summed E-state index contributed by atoms with van der Waals surface area (Å²) < 4.78 is 0. The van der Waals surface area contributed by atoms with Gasteiger partial charge in [0.25, 0.3) is 0 Å². The zero-order valence-corrected chi connectivity index (χ0v) is 10.3. The maximum absolute atomic E-state index is 2.43. The van der Waals surface area contributed by atoms with E-state index >= 15 is 0 Å². The molecule has 84 valence electrons. The van der Waals surface area contributed by atoms with Crippen LogP contribution in [-0.4, -0.2) is 24.5 Å². The Morgan fingerprint density at radius 3 is 2.14 bits per heavy atom. The van der Waals surface area contributed by atoms with Crippen molar-refractivity contribution >= 4 is 0 Å².